The number of rotatable bonds is 17. The van der Waals surface area contributed by atoms with Gasteiger partial charge in [-0.1, -0.05) is 57.5 Å². The Labute approximate surface area is 296 Å². The molecule has 1 aliphatic heterocycles. The number of allylic oxidation sites excluding steroid dienone is 1. The van der Waals surface area contributed by atoms with E-state index in [1.807, 2.05) is 20.2 Å². The maximum Gasteiger partial charge on any atom is 0.135 e. The highest BCUT2D eigenvalue weighted by atomic mass is 127. The van der Waals surface area contributed by atoms with Crippen LogP contribution < -0.4 is 14.4 Å². The molecular weight excluding hydrogens is 727 g/mol. The second kappa shape index (κ2) is 19.0. The Morgan fingerprint density at radius 3 is 2.59 bits per heavy atom. The molecule has 0 amide bonds. The topological polar surface area (TPSA) is 49.4 Å². The second-order valence-corrected chi connectivity index (χ2v) is 14.9. The summed E-state index contributed by atoms with van der Waals surface area (Å²) in [6.07, 6.45) is 7.49. The van der Waals surface area contributed by atoms with Crippen molar-refractivity contribution in [1.82, 2.24) is 14.5 Å². The van der Waals surface area contributed by atoms with Crippen LogP contribution in [0.4, 0.5) is 5.69 Å². The van der Waals surface area contributed by atoms with Crippen LogP contribution in [0.5, 0.6) is 5.75 Å². The van der Waals surface area contributed by atoms with E-state index in [1.165, 1.54) is 11.3 Å². The molecule has 1 N–H and O–H groups in total. The van der Waals surface area contributed by atoms with Gasteiger partial charge < -0.3 is 19.1 Å². The summed E-state index contributed by atoms with van der Waals surface area (Å²) in [5.74, 6) is 2.68. The normalized spacial score (nSPS) is 16.3. The average Bonchev–Trinajstić information content (AvgIpc) is 3.49. The van der Waals surface area contributed by atoms with E-state index in [4.69, 9.17) is 14.2 Å². The molecule has 3 aromatic carbocycles. The van der Waals surface area contributed by atoms with Gasteiger partial charge in [0.15, 0.2) is 0 Å². The summed E-state index contributed by atoms with van der Waals surface area (Å²) in [6.45, 7) is 3.53. The fourth-order valence-corrected chi connectivity index (χ4v) is 7.17. The third kappa shape index (κ3) is 10.7. The zero-order valence-corrected chi connectivity index (χ0v) is 31.5. The first kappa shape index (κ1) is 36.6. The smallest absolute Gasteiger partial charge is 0.135 e. The van der Waals surface area contributed by atoms with Crippen LogP contribution in [0.3, 0.4) is 0 Å². The summed E-state index contributed by atoms with van der Waals surface area (Å²) >= 11 is 3.90. The zero-order valence-electron chi connectivity index (χ0n) is 27.7. The van der Waals surface area contributed by atoms with Gasteiger partial charge in [0.25, 0.3) is 0 Å². The molecule has 2 atom stereocenters. The van der Waals surface area contributed by atoms with E-state index in [0.29, 0.717) is 6.54 Å². The van der Waals surface area contributed by atoms with Crippen molar-refractivity contribution in [2.75, 3.05) is 72.7 Å². The Bertz CT molecular complexity index is 1450. The lowest BCUT2D eigenvalue weighted by molar-refractivity contribution is -0.00537. The van der Waals surface area contributed by atoms with Crippen molar-refractivity contribution in [3.8, 4) is 16.9 Å². The minimum Gasteiger partial charge on any atom is -0.496 e. The molecular formula is C36H47IN4O3S2. The largest absolute Gasteiger partial charge is 0.496 e. The van der Waals surface area contributed by atoms with Gasteiger partial charge in [0.2, 0.25) is 0 Å². The van der Waals surface area contributed by atoms with E-state index >= 15 is 0 Å². The lowest BCUT2D eigenvalue weighted by atomic mass is 10.0. The number of ether oxygens (including phenoxy) is 3. The van der Waals surface area contributed by atoms with Gasteiger partial charge >= 0.3 is 0 Å². The van der Waals surface area contributed by atoms with E-state index in [0.717, 1.165) is 64.9 Å². The summed E-state index contributed by atoms with van der Waals surface area (Å²) in [7, 11) is 13.5. The fraction of sp³-hybridized carbons (Fsp3) is 0.389. The molecule has 1 saturated heterocycles. The standard InChI is InChI=1S/C36H47IN4O3S2/c1-39(2)33-15-8-7-11-30(33)25-41-21-19-32(26-41)44-31(14-10-22-45-37)18-20-38-46-35-24-28(16-17-34(35)42-5)27-12-9-13-29(23-27)36(43-6)40(3)4/h7-18,23-24,32,36,38H,19-22,25-26H2,1-6H3/b14-10-,31-18+/t32-,36?/m0/s1. The molecule has 46 heavy (non-hydrogen) atoms. The third-order valence-corrected chi connectivity index (χ3v) is 10.0. The van der Waals surface area contributed by atoms with E-state index in [-0.39, 0.29) is 12.3 Å². The monoisotopic (exact) mass is 774 g/mol. The number of anilines is 1. The zero-order chi connectivity index (χ0) is 32.9. The van der Waals surface area contributed by atoms with Crippen LogP contribution >= 0.6 is 42.1 Å². The molecule has 3 aromatic rings. The first-order chi connectivity index (χ1) is 22.3. The number of methoxy groups -OCH3 is 2. The summed E-state index contributed by atoms with van der Waals surface area (Å²) in [6, 6.07) is 23.5. The Kier molecular flexibility index (Phi) is 15.1. The Morgan fingerprint density at radius 2 is 1.85 bits per heavy atom. The first-order valence-electron chi connectivity index (χ1n) is 15.4. The van der Waals surface area contributed by atoms with Gasteiger partial charge in [0, 0.05) is 58.8 Å². The van der Waals surface area contributed by atoms with Gasteiger partial charge in [-0.2, -0.15) is 0 Å². The van der Waals surface area contributed by atoms with Gasteiger partial charge in [0.1, 0.15) is 23.8 Å². The third-order valence-electron chi connectivity index (χ3n) is 7.77. The highest BCUT2D eigenvalue weighted by Gasteiger charge is 2.25. The lowest BCUT2D eigenvalue weighted by Crippen LogP contribution is -2.24. The van der Waals surface area contributed by atoms with Gasteiger partial charge in [-0.15, -0.1) is 0 Å². The molecule has 0 bridgehead atoms. The number of benzene rings is 3. The van der Waals surface area contributed by atoms with E-state index in [2.05, 4.69) is 134 Å². The van der Waals surface area contributed by atoms with Crippen molar-refractivity contribution in [3.63, 3.8) is 0 Å². The minimum absolute atomic E-state index is 0.103. The van der Waals surface area contributed by atoms with Crippen LogP contribution in [0.2, 0.25) is 0 Å². The highest BCUT2D eigenvalue weighted by molar-refractivity contribution is 14.2. The van der Waals surface area contributed by atoms with Crippen molar-refractivity contribution in [3.05, 3.63) is 102 Å². The van der Waals surface area contributed by atoms with Crippen molar-refractivity contribution in [1.29, 1.82) is 0 Å². The summed E-state index contributed by atoms with van der Waals surface area (Å²) in [5, 5.41) is 0. The van der Waals surface area contributed by atoms with Crippen molar-refractivity contribution >= 4 is 47.8 Å². The molecule has 1 aliphatic rings. The van der Waals surface area contributed by atoms with Gasteiger partial charge in [-0.05, 0) is 112 Å². The molecule has 0 spiro atoms. The second-order valence-electron chi connectivity index (χ2n) is 11.6. The molecule has 248 valence electrons. The lowest BCUT2D eigenvalue weighted by Gasteiger charge is -2.23. The first-order valence-corrected chi connectivity index (χ1v) is 19.8. The number of nitrogens with zero attached hydrogens (tertiary/aromatic N) is 3. The number of halogens is 1. The molecule has 7 nitrogen and oxygen atoms in total. The number of para-hydroxylation sites is 1. The van der Waals surface area contributed by atoms with Crippen LogP contribution in [0, 0.1) is 0 Å². The minimum atomic E-state index is -0.103. The molecule has 0 radical (unpaired) electrons. The van der Waals surface area contributed by atoms with Crippen LogP contribution in [0.1, 0.15) is 23.8 Å². The maximum atomic E-state index is 6.56. The quantitative estimate of drug-likeness (QED) is 0.0367. The average molecular weight is 775 g/mol. The van der Waals surface area contributed by atoms with E-state index < -0.39 is 0 Å². The number of hydrogen-bond donors (Lipinski definition) is 1. The molecule has 1 unspecified atom stereocenters. The molecule has 0 saturated carbocycles. The Morgan fingerprint density at radius 1 is 1.04 bits per heavy atom. The number of hydrogen-bond acceptors (Lipinski definition) is 9. The number of likely N-dealkylation sites (tertiary alicyclic amines) is 1. The van der Waals surface area contributed by atoms with Crippen LogP contribution in [-0.4, -0.2) is 83.7 Å². The van der Waals surface area contributed by atoms with Crippen molar-refractivity contribution < 1.29 is 14.2 Å². The molecule has 0 aliphatic carbocycles. The van der Waals surface area contributed by atoms with Crippen molar-refractivity contribution in [2.24, 2.45) is 0 Å². The maximum absolute atomic E-state index is 6.56. The van der Waals surface area contributed by atoms with Gasteiger partial charge in [-0.25, -0.2) is 0 Å². The molecule has 4 rings (SSSR count). The predicted octanol–water partition coefficient (Wildman–Crippen LogP) is 8.05. The van der Waals surface area contributed by atoms with E-state index in [9.17, 15) is 0 Å². The molecule has 10 heteroatoms. The Hall–Kier alpha value is -2.19. The molecule has 0 aromatic heterocycles. The summed E-state index contributed by atoms with van der Waals surface area (Å²) < 4.78 is 21.5. The number of nitrogens with one attached hydrogen (secondary N) is 1. The Balaban J connectivity index is 1.39. The van der Waals surface area contributed by atoms with Gasteiger partial charge in [0.05, 0.1) is 12.0 Å². The SMILES string of the molecule is COc1ccc(-c2cccc(C(OC)N(C)C)c2)cc1SNC/C=C(\C=C/CSI)O[C@H]1CCN(Cc2ccccc2N(C)C)C1. The highest BCUT2D eigenvalue weighted by Crippen LogP contribution is 2.34. The molecule has 1 heterocycles. The summed E-state index contributed by atoms with van der Waals surface area (Å²) in [5.41, 5.74) is 6.00. The van der Waals surface area contributed by atoms with Crippen LogP contribution in [0.15, 0.2) is 95.6 Å². The van der Waals surface area contributed by atoms with Gasteiger partial charge in [-0.3, -0.25) is 14.5 Å². The fourth-order valence-electron chi connectivity index (χ4n) is 5.62. The van der Waals surface area contributed by atoms with Crippen LogP contribution in [-0.2, 0) is 16.0 Å². The predicted molar refractivity (Wildman–Crippen MR) is 205 cm³/mol. The van der Waals surface area contributed by atoms with E-state index in [1.54, 1.807) is 35.1 Å². The van der Waals surface area contributed by atoms with Crippen molar-refractivity contribution in [2.45, 2.75) is 30.2 Å². The van der Waals surface area contributed by atoms with Crippen LogP contribution in [0.25, 0.3) is 11.1 Å². The summed E-state index contributed by atoms with van der Waals surface area (Å²) in [4.78, 5) is 7.77. The molecule has 1 fully saturated rings.